The Morgan fingerprint density at radius 2 is 1.79 bits per heavy atom. The molecule has 0 saturated heterocycles. The molecule has 0 aromatic rings. The highest BCUT2D eigenvalue weighted by Crippen LogP contribution is 2.17. The van der Waals surface area contributed by atoms with Gasteiger partial charge in [0, 0.05) is 6.04 Å². The Balaban J connectivity index is 0.00000169. The highest BCUT2D eigenvalue weighted by Gasteiger charge is 2.25. The molecular formula is C10H21ClN2O. The topological polar surface area (TPSA) is 55.1 Å². The number of halogens is 1. The van der Waals surface area contributed by atoms with Crippen molar-refractivity contribution >= 4 is 18.3 Å². The third kappa shape index (κ3) is 4.29. The first-order valence-electron chi connectivity index (χ1n) is 5.10. The molecular weight excluding hydrogens is 200 g/mol. The van der Waals surface area contributed by atoms with Crippen LogP contribution in [0.5, 0.6) is 0 Å². The molecule has 0 aromatic heterocycles. The lowest BCUT2D eigenvalue weighted by Crippen LogP contribution is -2.52. The van der Waals surface area contributed by atoms with Crippen molar-refractivity contribution in [3.8, 4) is 0 Å². The van der Waals surface area contributed by atoms with Crippen molar-refractivity contribution in [3.05, 3.63) is 0 Å². The first-order chi connectivity index (χ1) is 6.00. The molecule has 1 amide bonds. The normalized spacial score (nSPS) is 18.5. The van der Waals surface area contributed by atoms with Gasteiger partial charge in [0.15, 0.2) is 0 Å². The zero-order chi connectivity index (χ0) is 9.90. The van der Waals surface area contributed by atoms with Gasteiger partial charge in [-0.2, -0.15) is 0 Å². The van der Waals surface area contributed by atoms with E-state index in [0.29, 0.717) is 6.04 Å². The van der Waals surface area contributed by atoms with E-state index in [1.54, 1.807) is 13.8 Å². The summed E-state index contributed by atoms with van der Waals surface area (Å²) < 4.78 is 0. The minimum Gasteiger partial charge on any atom is -0.352 e. The molecule has 1 aliphatic carbocycles. The van der Waals surface area contributed by atoms with Crippen molar-refractivity contribution in [2.75, 3.05) is 0 Å². The zero-order valence-electron chi connectivity index (χ0n) is 9.01. The third-order valence-electron chi connectivity index (χ3n) is 2.53. The number of rotatable bonds is 2. The molecule has 4 heteroatoms. The van der Waals surface area contributed by atoms with Crippen molar-refractivity contribution in [1.82, 2.24) is 5.32 Å². The van der Waals surface area contributed by atoms with Gasteiger partial charge in [0.1, 0.15) is 0 Å². The lowest BCUT2D eigenvalue weighted by molar-refractivity contribution is -0.126. The molecule has 3 nitrogen and oxygen atoms in total. The van der Waals surface area contributed by atoms with Gasteiger partial charge in [-0.15, -0.1) is 12.4 Å². The number of nitrogens with one attached hydrogen (secondary N) is 1. The Kier molecular flexibility index (Phi) is 5.45. The number of carbonyl (C=O) groups excluding carboxylic acids is 1. The first-order valence-corrected chi connectivity index (χ1v) is 5.10. The summed E-state index contributed by atoms with van der Waals surface area (Å²) in [5, 5.41) is 2.99. The maximum Gasteiger partial charge on any atom is 0.239 e. The second kappa shape index (κ2) is 5.56. The summed E-state index contributed by atoms with van der Waals surface area (Å²) in [6.07, 6.45) is 5.99. The summed E-state index contributed by atoms with van der Waals surface area (Å²) in [7, 11) is 0. The molecule has 1 saturated carbocycles. The quantitative estimate of drug-likeness (QED) is 0.743. The van der Waals surface area contributed by atoms with Crippen LogP contribution in [0.3, 0.4) is 0 Å². The minimum atomic E-state index is -0.739. The van der Waals surface area contributed by atoms with E-state index in [1.165, 1.54) is 19.3 Å². The highest BCUT2D eigenvalue weighted by molar-refractivity contribution is 5.85. The molecule has 84 valence electrons. The van der Waals surface area contributed by atoms with Crippen LogP contribution >= 0.6 is 12.4 Å². The first kappa shape index (κ1) is 13.7. The molecule has 14 heavy (non-hydrogen) atoms. The van der Waals surface area contributed by atoms with Crippen LogP contribution in [-0.4, -0.2) is 17.5 Å². The van der Waals surface area contributed by atoms with Crippen LogP contribution in [0.2, 0.25) is 0 Å². The fourth-order valence-electron chi connectivity index (χ4n) is 1.62. The molecule has 0 spiro atoms. The van der Waals surface area contributed by atoms with Crippen LogP contribution in [0.1, 0.15) is 46.0 Å². The number of nitrogens with two attached hydrogens (primary N) is 1. The average molecular weight is 221 g/mol. The number of hydrogen-bond donors (Lipinski definition) is 2. The number of hydrogen-bond acceptors (Lipinski definition) is 2. The summed E-state index contributed by atoms with van der Waals surface area (Å²) in [6, 6.07) is 0.365. The Morgan fingerprint density at radius 3 is 2.21 bits per heavy atom. The molecule has 1 aliphatic rings. The summed E-state index contributed by atoms with van der Waals surface area (Å²) in [5.41, 5.74) is 4.95. The van der Waals surface area contributed by atoms with Crippen LogP contribution in [0, 0.1) is 0 Å². The molecule has 0 atom stereocenters. The maximum atomic E-state index is 11.5. The van der Waals surface area contributed by atoms with Crippen molar-refractivity contribution in [1.29, 1.82) is 0 Å². The molecule has 0 radical (unpaired) electrons. The van der Waals surface area contributed by atoms with Gasteiger partial charge in [-0.1, -0.05) is 19.3 Å². The van der Waals surface area contributed by atoms with Crippen LogP contribution in [-0.2, 0) is 4.79 Å². The van der Waals surface area contributed by atoms with Crippen LogP contribution in [0.25, 0.3) is 0 Å². The highest BCUT2D eigenvalue weighted by atomic mass is 35.5. The fraction of sp³-hybridized carbons (Fsp3) is 0.900. The molecule has 0 heterocycles. The van der Waals surface area contributed by atoms with E-state index < -0.39 is 5.54 Å². The van der Waals surface area contributed by atoms with E-state index in [1.807, 2.05) is 0 Å². The molecule has 0 bridgehead atoms. The van der Waals surface area contributed by atoms with Crippen LogP contribution in [0.4, 0.5) is 0 Å². The second-order valence-corrected chi connectivity index (χ2v) is 4.53. The minimum absolute atomic E-state index is 0. The monoisotopic (exact) mass is 220 g/mol. The van der Waals surface area contributed by atoms with Crippen molar-refractivity contribution in [2.24, 2.45) is 5.73 Å². The summed E-state index contributed by atoms with van der Waals surface area (Å²) in [5.74, 6) is -0.0283. The van der Waals surface area contributed by atoms with Crippen molar-refractivity contribution in [3.63, 3.8) is 0 Å². The number of carbonyl (C=O) groups is 1. The standard InChI is InChI=1S/C10H20N2O.ClH/c1-10(2,11)9(13)12-8-6-4-3-5-7-8;/h8H,3-7,11H2,1-2H3,(H,12,13);1H. The Bertz CT molecular complexity index is 183. The van der Waals surface area contributed by atoms with Crippen LogP contribution < -0.4 is 11.1 Å². The van der Waals surface area contributed by atoms with Gasteiger partial charge < -0.3 is 11.1 Å². The molecule has 1 rings (SSSR count). The molecule has 1 fully saturated rings. The van der Waals surface area contributed by atoms with Gasteiger partial charge in [-0.3, -0.25) is 4.79 Å². The van der Waals surface area contributed by atoms with E-state index in [-0.39, 0.29) is 18.3 Å². The van der Waals surface area contributed by atoms with Crippen LogP contribution in [0.15, 0.2) is 0 Å². The second-order valence-electron chi connectivity index (χ2n) is 4.53. The third-order valence-corrected chi connectivity index (χ3v) is 2.53. The van der Waals surface area contributed by atoms with E-state index in [2.05, 4.69) is 5.32 Å². The fourth-order valence-corrected chi connectivity index (χ4v) is 1.62. The predicted octanol–water partition coefficient (Wildman–Crippen LogP) is 1.59. The van der Waals surface area contributed by atoms with Gasteiger partial charge >= 0.3 is 0 Å². The van der Waals surface area contributed by atoms with Crippen molar-refractivity contribution in [2.45, 2.75) is 57.5 Å². The summed E-state index contributed by atoms with van der Waals surface area (Å²) >= 11 is 0. The van der Waals surface area contributed by atoms with E-state index in [4.69, 9.17) is 5.73 Å². The SMILES string of the molecule is CC(C)(N)C(=O)NC1CCCCC1.Cl. The summed E-state index contributed by atoms with van der Waals surface area (Å²) in [6.45, 7) is 3.48. The van der Waals surface area contributed by atoms with Gasteiger partial charge in [0.2, 0.25) is 5.91 Å². The Labute approximate surface area is 92.2 Å². The van der Waals surface area contributed by atoms with Gasteiger partial charge in [0.25, 0.3) is 0 Å². The van der Waals surface area contributed by atoms with E-state index in [0.717, 1.165) is 12.8 Å². The van der Waals surface area contributed by atoms with Gasteiger partial charge in [-0.25, -0.2) is 0 Å². The molecule has 0 aromatic carbocycles. The van der Waals surface area contributed by atoms with E-state index >= 15 is 0 Å². The van der Waals surface area contributed by atoms with E-state index in [9.17, 15) is 4.79 Å². The lowest BCUT2D eigenvalue weighted by atomic mass is 9.94. The molecule has 0 unspecified atom stereocenters. The van der Waals surface area contributed by atoms with Gasteiger partial charge in [-0.05, 0) is 26.7 Å². The molecule has 0 aliphatic heterocycles. The zero-order valence-corrected chi connectivity index (χ0v) is 9.82. The largest absolute Gasteiger partial charge is 0.352 e. The van der Waals surface area contributed by atoms with Crippen molar-refractivity contribution < 1.29 is 4.79 Å². The Hall–Kier alpha value is -0.280. The lowest BCUT2D eigenvalue weighted by Gasteiger charge is -2.26. The maximum absolute atomic E-state index is 11.5. The Morgan fingerprint density at radius 1 is 1.29 bits per heavy atom. The predicted molar refractivity (Wildman–Crippen MR) is 60.5 cm³/mol. The average Bonchev–Trinajstić information content (AvgIpc) is 2.04. The summed E-state index contributed by atoms with van der Waals surface area (Å²) in [4.78, 5) is 11.5. The molecule has 3 N–H and O–H groups in total. The smallest absolute Gasteiger partial charge is 0.239 e. The number of amides is 1. The van der Waals surface area contributed by atoms with Gasteiger partial charge in [0.05, 0.1) is 5.54 Å².